The van der Waals surface area contributed by atoms with E-state index in [0.717, 1.165) is 89.2 Å². The number of aliphatic hydroxyl groups is 1. The van der Waals surface area contributed by atoms with Crippen molar-refractivity contribution in [2.75, 3.05) is 0 Å². The van der Waals surface area contributed by atoms with Crippen molar-refractivity contribution in [1.29, 1.82) is 0 Å². The number of benzene rings is 7. The summed E-state index contributed by atoms with van der Waals surface area (Å²) in [5, 5.41) is 27.5. The van der Waals surface area contributed by atoms with Crippen LogP contribution in [0.4, 0.5) is 0 Å². The lowest BCUT2D eigenvalue weighted by Crippen LogP contribution is -2.61. The maximum absolute atomic E-state index is 13.7. The normalized spacial score (nSPS) is 21.9. The highest BCUT2D eigenvalue weighted by Crippen LogP contribution is 2.59. The number of aromatic hydroxyl groups is 1. The van der Waals surface area contributed by atoms with Gasteiger partial charge in [0.15, 0.2) is 0 Å². The zero-order valence-corrected chi connectivity index (χ0v) is 45.1. The van der Waals surface area contributed by atoms with Crippen LogP contribution in [-0.4, -0.2) is 39.3 Å². The van der Waals surface area contributed by atoms with Gasteiger partial charge in [0.2, 0.25) is 0 Å². The van der Waals surface area contributed by atoms with Gasteiger partial charge < -0.3 is 24.4 Å². The summed E-state index contributed by atoms with van der Waals surface area (Å²) in [7, 11) is 0. The lowest BCUT2D eigenvalue weighted by Gasteiger charge is -2.59. The Hall–Kier alpha value is -6.51. The second-order valence-corrected chi connectivity index (χ2v) is 23.6. The molecule has 0 heterocycles. The van der Waals surface area contributed by atoms with Crippen molar-refractivity contribution in [3.63, 3.8) is 0 Å². The summed E-state index contributed by atoms with van der Waals surface area (Å²) in [5.74, 6) is 2.07. The SMILES string of the molecule is CCC(C)(CC(C)(C)C(=O)OC12CC3CC(CC(O)(C3)C1)C2)C(=O)OCc1c2ccccc2cc2ccccc12.CCC(CC(CC(C)c1ccc2cc(O)ccc2c1)c1ccc(OC(C)=O)cc1)c1ccccc1. The number of carbonyl (C=O) groups excluding carboxylic acids is 3. The second kappa shape index (κ2) is 22.0. The summed E-state index contributed by atoms with van der Waals surface area (Å²) in [6.45, 7) is 13.8. The standard InChI is InChI=1S/C35H42O5.C32H34O3/c1-5-33(4,21-32(2,3)30(36)40-35-18-23-14-24(19-35)17-34(38,16-23)22-35)31(37)39-20-29-27-12-8-6-10-25(27)15-26-11-7-9-13-28(26)29;1-4-24(25-8-6-5-7-9-25)19-30(26-13-16-32(17-14-26)35-23(3)33)18-22(2)27-10-11-29-21-31(34)15-12-28(29)20-27/h6-13,15,23-24,38H,5,14,16-22H2,1-4H3;5-17,20-22,24,30,34H,4,18-19H2,1-3H3. The monoisotopic (exact) mass is 1010 g/mol. The summed E-state index contributed by atoms with van der Waals surface area (Å²) < 4.78 is 17.6. The van der Waals surface area contributed by atoms with Crippen LogP contribution in [0.2, 0.25) is 0 Å². The van der Waals surface area contributed by atoms with E-state index in [-0.39, 0.29) is 24.5 Å². The molecule has 4 fully saturated rings. The molecule has 2 N–H and O–H groups in total. The number of ether oxygens (including phenoxy) is 3. The zero-order valence-electron chi connectivity index (χ0n) is 45.1. The minimum Gasteiger partial charge on any atom is -0.508 e. The Labute approximate surface area is 443 Å². The van der Waals surface area contributed by atoms with E-state index in [9.17, 15) is 24.6 Å². The Morgan fingerprint density at radius 3 is 1.85 bits per heavy atom. The Bertz CT molecular complexity index is 3090. The van der Waals surface area contributed by atoms with Crippen LogP contribution in [0, 0.1) is 22.7 Å². The van der Waals surface area contributed by atoms with Crippen LogP contribution in [-0.2, 0) is 30.5 Å². The van der Waals surface area contributed by atoms with Crippen molar-refractivity contribution < 1.29 is 38.8 Å². The topological polar surface area (TPSA) is 119 Å². The van der Waals surface area contributed by atoms with Crippen LogP contribution in [0.1, 0.15) is 159 Å². The molecule has 4 bridgehead atoms. The van der Waals surface area contributed by atoms with E-state index in [0.29, 0.717) is 60.4 Å². The van der Waals surface area contributed by atoms with Gasteiger partial charge in [0.1, 0.15) is 23.7 Å². The molecule has 0 spiro atoms. The predicted molar refractivity (Wildman–Crippen MR) is 300 cm³/mol. The fraction of sp³-hybridized carbons (Fsp3) is 0.418. The number of phenolic OH excluding ortho intramolecular Hbond substituents is 1. The minimum absolute atomic E-state index is 0.172. The van der Waals surface area contributed by atoms with Crippen LogP contribution in [0.15, 0.2) is 146 Å². The highest BCUT2D eigenvalue weighted by atomic mass is 16.6. The first-order valence-corrected chi connectivity index (χ1v) is 27.4. The van der Waals surface area contributed by atoms with E-state index in [1.807, 2.05) is 76.2 Å². The van der Waals surface area contributed by atoms with E-state index in [4.69, 9.17) is 14.2 Å². The Morgan fingerprint density at radius 1 is 0.653 bits per heavy atom. The molecule has 0 saturated heterocycles. The van der Waals surface area contributed by atoms with Gasteiger partial charge in [-0.15, -0.1) is 0 Å². The molecule has 4 aliphatic carbocycles. The van der Waals surface area contributed by atoms with Gasteiger partial charge in [-0.05, 0) is 194 Å². The number of carbonyl (C=O) groups is 3. The third kappa shape index (κ3) is 12.1. The van der Waals surface area contributed by atoms with Gasteiger partial charge in [-0.25, -0.2) is 0 Å². The molecule has 75 heavy (non-hydrogen) atoms. The fourth-order valence-corrected chi connectivity index (χ4v) is 13.6. The molecule has 0 aliphatic heterocycles. The molecule has 6 unspecified atom stereocenters. The zero-order chi connectivity index (χ0) is 53.1. The lowest BCUT2D eigenvalue weighted by atomic mass is 9.52. The summed E-state index contributed by atoms with van der Waals surface area (Å²) >= 11 is 0. The molecule has 0 radical (unpaired) electrons. The molecule has 8 heteroatoms. The van der Waals surface area contributed by atoms with Crippen LogP contribution in [0.5, 0.6) is 11.5 Å². The Balaban J connectivity index is 0.000000186. The molecule has 392 valence electrons. The molecule has 8 nitrogen and oxygen atoms in total. The van der Waals surface area contributed by atoms with Crippen molar-refractivity contribution in [2.45, 2.75) is 155 Å². The molecule has 11 rings (SSSR count). The highest BCUT2D eigenvalue weighted by Gasteiger charge is 2.60. The molecule has 7 aromatic rings. The third-order valence-electron chi connectivity index (χ3n) is 17.2. The van der Waals surface area contributed by atoms with E-state index >= 15 is 0 Å². The number of esters is 3. The number of hydrogen-bond acceptors (Lipinski definition) is 8. The molecular formula is C67H76O8. The smallest absolute Gasteiger partial charge is 0.312 e. The first-order chi connectivity index (χ1) is 35.9. The summed E-state index contributed by atoms with van der Waals surface area (Å²) in [5.41, 5.74) is 1.98. The van der Waals surface area contributed by atoms with Crippen LogP contribution < -0.4 is 4.74 Å². The van der Waals surface area contributed by atoms with Gasteiger partial charge in [-0.1, -0.05) is 136 Å². The molecule has 4 saturated carbocycles. The lowest BCUT2D eigenvalue weighted by molar-refractivity contribution is -0.226. The molecule has 7 aromatic carbocycles. The molecule has 4 aliphatic rings. The first-order valence-electron chi connectivity index (χ1n) is 27.4. The predicted octanol–water partition coefficient (Wildman–Crippen LogP) is 15.8. The first kappa shape index (κ1) is 53.3. The maximum Gasteiger partial charge on any atom is 0.312 e. The minimum atomic E-state index is -0.873. The number of rotatable bonds is 17. The van der Waals surface area contributed by atoms with Crippen molar-refractivity contribution >= 4 is 50.2 Å². The fourth-order valence-electron chi connectivity index (χ4n) is 13.6. The number of hydrogen-bond donors (Lipinski definition) is 2. The van der Waals surface area contributed by atoms with Gasteiger partial charge in [-0.2, -0.15) is 0 Å². The Kier molecular flexibility index (Phi) is 15.6. The molecule has 0 aromatic heterocycles. The summed E-state index contributed by atoms with van der Waals surface area (Å²) in [6.07, 6.45) is 9.07. The third-order valence-corrected chi connectivity index (χ3v) is 17.2. The van der Waals surface area contributed by atoms with Crippen molar-refractivity contribution in [3.05, 3.63) is 168 Å². The van der Waals surface area contributed by atoms with Crippen LogP contribution in [0.3, 0.4) is 0 Å². The van der Waals surface area contributed by atoms with Gasteiger partial charge >= 0.3 is 17.9 Å². The van der Waals surface area contributed by atoms with E-state index in [1.54, 1.807) is 6.07 Å². The van der Waals surface area contributed by atoms with Gasteiger partial charge in [0.25, 0.3) is 0 Å². The maximum atomic E-state index is 13.7. The summed E-state index contributed by atoms with van der Waals surface area (Å²) in [6, 6.07) is 49.4. The number of fused-ring (bicyclic) bond motifs is 3. The van der Waals surface area contributed by atoms with E-state index in [2.05, 4.69) is 105 Å². The van der Waals surface area contributed by atoms with Gasteiger partial charge in [-0.3, -0.25) is 14.4 Å². The Morgan fingerprint density at radius 2 is 1.24 bits per heavy atom. The molecule has 0 amide bonds. The van der Waals surface area contributed by atoms with Crippen molar-refractivity contribution in [3.8, 4) is 11.5 Å². The van der Waals surface area contributed by atoms with Gasteiger partial charge in [0, 0.05) is 18.9 Å². The van der Waals surface area contributed by atoms with E-state index in [1.165, 1.54) is 23.6 Å². The van der Waals surface area contributed by atoms with Crippen molar-refractivity contribution in [2.24, 2.45) is 22.7 Å². The summed E-state index contributed by atoms with van der Waals surface area (Å²) in [4.78, 5) is 38.7. The average Bonchev–Trinajstić information content (AvgIpc) is 3.38. The van der Waals surface area contributed by atoms with Crippen LogP contribution in [0.25, 0.3) is 32.3 Å². The van der Waals surface area contributed by atoms with Crippen LogP contribution >= 0.6 is 0 Å². The highest BCUT2D eigenvalue weighted by molar-refractivity contribution is 6.02. The molecule has 6 atom stereocenters. The molecular weight excluding hydrogens is 933 g/mol. The second-order valence-electron chi connectivity index (χ2n) is 23.6. The number of phenols is 1. The van der Waals surface area contributed by atoms with Crippen molar-refractivity contribution in [1.82, 2.24) is 0 Å². The average molecular weight is 1010 g/mol. The quantitative estimate of drug-likeness (QED) is 0.0526. The largest absolute Gasteiger partial charge is 0.508 e. The van der Waals surface area contributed by atoms with Gasteiger partial charge in [0.05, 0.1) is 16.4 Å². The van der Waals surface area contributed by atoms with E-state index < -0.39 is 22.0 Å².